The minimum atomic E-state index is 0.620. The Morgan fingerprint density at radius 1 is 0.941 bits per heavy atom. The molecule has 0 saturated heterocycles. The Balaban J connectivity index is 1.85. The highest BCUT2D eigenvalue weighted by atomic mass is 16.5. The average molecular weight is 234 g/mol. The van der Waals surface area contributed by atoms with Gasteiger partial charge in [0.05, 0.1) is 26.4 Å². The molecule has 2 aliphatic carbocycles. The van der Waals surface area contributed by atoms with Crippen LogP contribution in [0.25, 0.3) is 0 Å². The standard InChI is InChI=1S/C15H22O2/c1-3-7-16-10-14-12-5-6-13(9-12)15(14)11-17-8-4-2/h3-6,12-15H,1-2,7-11H2/t12?,13?,14-,15+. The van der Waals surface area contributed by atoms with E-state index in [9.17, 15) is 0 Å². The summed E-state index contributed by atoms with van der Waals surface area (Å²) in [6, 6.07) is 0. The van der Waals surface area contributed by atoms with Crippen molar-refractivity contribution in [3.8, 4) is 0 Å². The maximum absolute atomic E-state index is 5.63. The van der Waals surface area contributed by atoms with Crippen LogP contribution in [0.4, 0.5) is 0 Å². The van der Waals surface area contributed by atoms with E-state index in [0.717, 1.165) is 13.2 Å². The molecule has 2 aliphatic rings. The van der Waals surface area contributed by atoms with Crippen molar-refractivity contribution in [1.29, 1.82) is 0 Å². The Labute approximate surface area is 104 Å². The Bertz CT molecular complexity index is 267. The molecule has 0 radical (unpaired) electrons. The Morgan fingerprint density at radius 2 is 1.41 bits per heavy atom. The fourth-order valence-corrected chi connectivity index (χ4v) is 3.10. The van der Waals surface area contributed by atoms with Gasteiger partial charge >= 0.3 is 0 Å². The topological polar surface area (TPSA) is 18.5 Å². The molecule has 0 N–H and O–H groups in total. The number of hydrogen-bond acceptors (Lipinski definition) is 2. The average Bonchev–Trinajstić information content (AvgIpc) is 2.92. The Morgan fingerprint density at radius 3 is 1.82 bits per heavy atom. The predicted molar refractivity (Wildman–Crippen MR) is 69.7 cm³/mol. The van der Waals surface area contributed by atoms with Crippen molar-refractivity contribution in [2.24, 2.45) is 23.7 Å². The van der Waals surface area contributed by atoms with Gasteiger partial charge in [-0.15, -0.1) is 13.2 Å². The van der Waals surface area contributed by atoms with Crippen LogP contribution in [0.2, 0.25) is 0 Å². The number of rotatable bonds is 8. The third-order valence-electron chi connectivity index (χ3n) is 3.89. The van der Waals surface area contributed by atoms with Gasteiger partial charge in [-0.1, -0.05) is 24.3 Å². The third-order valence-corrected chi connectivity index (χ3v) is 3.89. The molecule has 0 aromatic rings. The second-order valence-electron chi connectivity index (χ2n) is 4.93. The zero-order chi connectivity index (χ0) is 12.1. The van der Waals surface area contributed by atoms with Crippen LogP contribution in [0.3, 0.4) is 0 Å². The van der Waals surface area contributed by atoms with E-state index < -0.39 is 0 Å². The van der Waals surface area contributed by atoms with Gasteiger partial charge in [0.1, 0.15) is 0 Å². The molecule has 0 aromatic carbocycles. The van der Waals surface area contributed by atoms with Crippen LogP contribution >= 0.6 is 0 Å². The molecule has 0 aliphatic heterocycles. The summed E-state index contributed by atoms with van der Waals surface area (Å²) in [5.74, 6) is 2.63. The highest BCUT2D eigenvalue weighted by Crippen LogP contribution is 2.48. The van der Waals surface area contributed by atoms with Gasteiger partial charge < -0.3 is 9.47 Å². The molecule has 4 atom stereocenters. The summed E-state index contributed by atoms with van der Waals surface area (Å²) in [5, 5.41) is 0. The molecule has 0 amide bonds. The van der Waals surface area contributed by atoms with Gasteiger partial charge in [0.2, 0.25) is 0 Å². The van der Waals surface area contributed by atoms with Gasteiger partial charge in [0.25, 0.3) is 0 Å². The SMILES string of the molecule is C=CCOC[C@@H]1C2C=CC(C2)[C@@H]1COCC=C. The van der Waals surface area contributed by atoms with E-state index in [1.54, 1.807) is 0 Å². The van der Waals surface area contributed by atoms with Gasteiger partial charge in [0.15, 0.2) is 0 Å². The molecule has 0 aromatic heterocycles. The smallest absolute Gasteiger partial charge is 0.0644 e. The fraction of sp³-hybridized carbons (Fsp3) is 0.600. The van der Waals surface area contributed by atoms with Gasteiger partial charge in [0, 0.05) is 0 Å². The number of allylic oxidation sites excluding steroid dienone is 2. The molecule has 0 spiro atoms. The molecule has 1 saturated carbocycles. The molecule has 94 valence electrons. The molecule has 2 bridgehead atoms. The van der Waals surface area contributed by atoms with E-state index in [4.69, 9.17) is 9.47 Å². The monoisotopic (exact) mass is 234 g/mol. The van der Waals surface area contributed by atoms with Crippen molar-refractivity contribution in [2.75, 3.05) is 26.4 Å². The van der Waals surface area contributed by atoms with E-state index in [-0.39, 0.29) is 0 Å². The third kappa shape index (κ3) is 2.88. The molecule has 1 fully saturated rings. The van der Waals surface area contributed by atoms with Crippen LogP contribution in [-0.4, -0.2) is 26.4 Å². The quantitative estimate of drug-likeness (QED) is 0.475. The molecule has 2 rings (SSSR count). The van der Waals surface area contributed by atoms with Crippen molar-refractivity contribution in [3.05, 3.63) is 37.5 Å². The van der Waals surface area contributed by atoms with Crippen LogP contribution in [0, 0.1) is 23.7 Å². The lowest BCUT2D eigenvalue weighted by molar-refractivity contribution is 0.0439. The van der Waals surface area contributed by atoms with Crippen molar-refractivity contribution in [2.45, 2.75) is 6.42 Å². The zero-order valence-corrected chi connectivity index (χ0v) is 10.4. The van der Waals surface area contributed by atoms with E-state index in [0.29, 0.717) is 36.9 Å². The van der Waals surface area contributed by atoms with Crippen molar-refractivity contribution in [3.63, 3.8) is 0 Å². The number of hydrogen-bond donors (Lipinski definition) is 0. The Kier molecular flexibility index (Phi) is 4.57. The molecule has 2 heteroatoms. The molecule has 0 heterocycles. The van der Waals surface area contributed by atoms with Crippen molar-refractivity contribution in [1.82, 2.24) is 0 Å². The highest BCUT2D eigenvalue weighted by Gasteiger charge is 2.44. The normalized spacial score (nSPS) is 34.1. The van der Waals surface area contributed by atoms with Crippen molar-refractivity contribution < 1.29 is 9.47 Å². The van der Waals surface area contributed by atoms with Gasteiger partial charge in [-0.2, -0.15) is 0 Å². The lowest BCUT2D eigenvalue weighted by Gasteiger charge is -2.27. The maximum Gasteiger partial charge on any atom is 0.0644 e. The zero-order valence-electron chi connectivity index (χ0n) is 10.4. The second kappa shape index (κ2) is 6.18. The van der Waals surface area contributed by atoms with E-state index in [2.05, 4.69) is 25.3 Å². The largest absolute Gasteiger partial charge is 0.377 e. The van der Waals surface area contributed by atoms with Crippen LogP contribution in [0.5, 0.6) is 0 Å². The summed E-state index contributed by atoms with van der Waals surface area (Å²) in [7, 11) is 0. The summed E-state index contributed by atoms with van der Waals surface area (Å²) < 4.78 is 11.3. The number of ether oxygens (including phenoxy) is 2. The van der Waals surface area contributed by atoms with Gasteiger partial charge in [-0.25, -0.2) is 0 Å². The van der Waals surface area contributed by atoms with Crippen LogP contribution in [0.15, 0.2) is 37.5 Å². The fourth-order valence-electron chi connectivity index (χ4n) is 3.10. The lowest BCUT2D eigenvalue weighted by atomic mass is 9.84. The van der Waals surface area contributed by atoms with Gasteiger partial charge in [-0.3, -0.25) is 0 Å². The van der Waals surface area contributed by atoms with Crippen LogP contribution in [-0.2, 0) is 9.47 Å². The lowest BCUT2D eigenvalue weighted by Crippen LogP contribution is -2.28. The minimum absolute atomic E-state index is 0.620. The van der Waals surface area contributed by atoms with Crippen molar-refractivity contribution >= 4 is 0 Å². The first kappa shape index (κ1) is 12.6. The summed E-state index contributed by atoms with van der Waals surface area (Å²) >= 11 is 0. The summed E-state index contributed by atoms with van der Waals surface area (Å²) in [5.41, 5.74) is 0. The summed E-state index contributed by atoms with van der Waals surface area (Å²) in [4.78, 5) is 0. The molecule has 2 nitrogen and oxygen atoms in total. The summed E-state index contributed by atoms with van der Waals surface area (Å²) in [6.45, 7) is 10.3. The first-order chi connectivity index (χ1) is 8.36. The second-order valence-corrected chi connectivity index (χ2v) is 4.93. The number of fused-ring (bicyclic) bond motifs is 2. The first-order valence-corrected chi connectivity index (χ1v) is 6.42. The maximum atomic E-state index is 5.63. The molecule has 2 unspecified atom stereocenters. The van der Waals surface area contributed by atoms with Gasteiger partial charge in [-0.05, 0) is 30.1 Å². The highest BCUT2D eigenvalue weighted by molar-refractivity contribution is 5.13. The predicted octanol–water partition coefficient (Wildman–Crippen LogP) is 2.83. The first-order valence-electron chi connectivity index (χ1n) is 6.42. The molecular formula is C15H22O2. The minimum Gasteiger partial charge on any atom is -0.377 e. The van der Waals surface area contributed by atoms with Crippen LogP contribution < -0.4 is 0 Å². The van der Waals surface area contributed by atoms with E-state index >= 15 is 0 Å². The molecule has 17 heavy (non-hydrogen) atoms. The van der Waals surface area contributed by atoms with E-state index in [1.807, 2.05) is 12.2 Å². The van der Waals surface area contributed by atoms with E-state index in [1.165, 1.54) is 6.42 Å². The summed E-state index contributed by atoms with van der Waals surface area (Å²) in [6.07, 6.45) is 9.62. The molecular weight excluding hydrogens is 212 g/mol. The van der Waals surface area contributed by atoms with Crippen LogP contribution in [0.1, 0.15) is 6.42 Å². The Hall–Kier alpha value is -0.860.